The number of rotatable bonds is 6. The Kier molecular flexibility index (Phi) is 6.61. The molecule has 2 aromatic carbocycles. The summed E-state index contributed by atoms with van der Waals surface area (Å²) in [6, 6.07) is 13.5. The Bertz CT molecular complexity index is 1040. The molecule has 0 bridgehead atoms. The van der Waals surface area contributed by atoms with E-state index in [1.807, 2.05) is 42.5 Å². The van der Waals surface area contributed by atoms with Gasteiger partial charge in [-0.05, 0) is 34.9 Å². The normalized spacial score (nSPS) is 14.2. The Balaban J connectivity index is 2.11. The number of aromatic nitrogens is 1. The molecule has 2 unspecified atom stereocenters. The molecule has 0 fully saturated rings. The van der Waals surface area contributed by atoms with Gasteiger partial charge in [-0.3, -0.25) is 0 Å². The van der Waals surface area contributed by atoms with Crippen molar-refractivity contribution in [1.82, 2.24) is 4.98 Å². The first-order chi connectivity index (χ1) is 14.9. The van der Waals surface area contributed by atoms with Crippen LogP contribution in [0.2, 0.25) is 0 Å². The lowest BCUT2D eigenvalue weighted by atomic mass is 9.78. The zero-order chi connectivity index (χ0) is 23.7. The first-order valence-electron chi connectivity index (χ1n) is 10.9. The van der Waals surface area contributed by atoms with E-state index in [2.05, 4.69) is 41.5 Å². The lowest BCUT2D eigenvalue weighted by Gasteiger charge is -2.27. The van der Waals surface area contributed by atoms with E-state index in [0.717, 1.165) is 22.3 Å². The van der Waals surface area contributed by atoms with Gasteiger partial charge in [-0.2, -0.15) is 0 Å². The fourth-order valence-electron chi connectivity index (χ4n) is 3.89. The van der Waals surface area contributed by atoms with Crippen LogP contribution in [0.3, 0.4) is 0 Å². The smallest absolute Gasteiger partial charge is 0.226 e. The maximum atomic E-state index is 11.1. The van der Waals surface area contributed by atoms with Crippen molar-refractivity contribution in [3.8, 4) is 17.2 Å². The van der Waals surface area contributed by atoms with Gasteiger partial charge in [0.2, 0.25) is 5.89 Å². The molecule has 2 N–H and O–H groups in total. The Morgan fingerprint density at radius 1 is 1.00 bits per heavy atom. The zero-order valence-corrected chi connectivity index (χ0v) is 19.7. The summed E-state index contributed by atoms with van der Waals surface area (Å²) < 4.78 is 5.88. The number of hydrogen-bond donors (Lipinski definition) is 2. The number of aliphatic hydroxyl groups excluding tert-OH is 1. The van der Waals surface area contributed by atoms with Crippen LogP contribution in [-0.2, 0) is 15.6 Å². The van der Waals surface area contributed by atoms with Crippen LogP contribution < -0.4 is 0 Å². The third kappa shape index (κ3) is 5.10. The van der Waals surface area contributed by atoms with E-state index in [9.17, 15) is 15.0 Å². The van der Waals surface area contributed by atoms with Gasteiger partial charge in [-0.25, -0.2) is 4.98 Å². The number of phenols is 1. The molecule has 3 rings (SSSR count). The van der Waals surface area contributed by atoms with E-state index in [-0.39, 0.29) is 23.2 Å². The molecule has 1 aromatic heterocycles. The lowest BCUT2D eigenvalue weighted by Crippen LogP contribution is -2.17. The molecule has 0 spiro atoms. The predicted octanol–water partition coefficient (Wildman–Crippen LogP) is 5.72. The van der Waals surface area contributed by atoms with Crippen LogP contribution in [0, 0.1) is 0 Å². The number of aliphatic hydroxyl groups is 1. The van der Waals surface area contributed by atoms with Gasteiger partial charge < -0.3 is 19.4 Å². The van der Waals surface area contributed by atoms with Crippen LogP contribution in [0.4, 0.5) is 0 Å². The van der Waals surface area contributed by atoms with Crippen molar-refractivity contribution in [3.63, 3.8) is 0 Å². The van der Waals surface area contributed by atoms with Crippen molar-refractivity contribution in [2.24, 2.45) is 0 Å². The number of aldehydes is 1. The molecule has 0 saturated heterocycles. The molecule has 3 aromatic rings. The minimum absolute atomic E-state index is 0.218. The molecule has 170 valence electrons. The van der Waals surface area contributed by atoms with Crippen molar-refractivity contribution in [3.05, 3.63) is 71.1 Å². The Hall–Kier alpha value is -2.92. The van der Waals surface area contributed by atoms with Crippen molar-refractivity contribution in [1.29, 1.82) is 0 Å². The summed E-state index contributed by atoms with van der Waals surface area (Å²) in [5.74, 6) is 0.463. The van der Waals surface area contributed by atoms with Gasteiger partial charge >= 0.3 is 0 Å². The highest BCUT2D eigenvalue weighted by molar-refractivity contribution is 5.63. The quantitative estimate of drug-likeness (QED) is 0.484. The monoisotopic (exact) mass is 435 g/mol. The number of hydrogen-bond acceptors (Lipinski definition) is 5. The van der Waals surface area contributed by atoms with Crippen molar-refractivity contribution >= 4 is 6.29 Å². The van der Waals surface area contributed by atoms with E-state index >= 15 is 0 Å². The summed E-state index contributed by atoms with van der Waals surface area (Å²) in [4.78, 5) is 15.9. The summed E-state index contributed by atoms with van der Waals surface area (Å²) in [6.45, 7) is 12.4. The molecule has 1 heterocycles. The molecule has 0 aliphatic heterocycles. The van der Waals surface area contributed by atoms with E-state index in [4.69, 9.17) is 9.40 Å². The number of benzene rings is 2. The average Bonchev–Trinajstić information content (AvgIpc) is 3.20. The molecule has 0 aliphatic rings. The van der Waals surface area contributed by atoms with Crippen LogP contribution in [0.25, 0.3) is 11.5 Å². The second kappa shape index (κ2) is 8.91. The van der Waals surface area contributed by atoms with Gasteiger partial charge in [-0.15, -0.1) is 0 Å². The van der Waals surface area contributed by atoms with E-state index in [1.54, 1.807) is 6.26 Å². The Labute approximate surface area is 190 Å². The number of carbonyl (C=O) groups is 1. The van der Waals surface area contributed by atoms with Crippen LogP contribution in [0.1, 0.15) is 76.3 Å². The molecule has 0 aliphatic carbocycles. The molecule has 2 atom stereocenters. The number of nitrogens with zero attached hydrogens (tertiary/aromatic N) is 1. The lowest BCUT2D eigenvalue weighted by molar-refractivity contribution is -0.115. The molecule has 0 radical (unpaired) electrons. The Morgan fingerprint density at radius 2 is 1.56 bits per heavy atom. The highest BCUT2D eigenvalue weighted by Gasteiger charge is 2.28. The maximum absolute atomic E-state index is 11.1. The summed E-state index contributed by atoms with van der Waals surface area (Å²) in [5, 5.41) is 21.0. The Morgan fingerprint density at radius 3 is 2.06 bits per heavy atom. The standard InChI is InChI=1S/C27H33NO4/c1-26(2,3)21-12-18(13-22(24(21)31)27(4,5)6)25-28-23(16-32-25)20(14-19(30)15-29)17-10-8-7-9-11-17/h7-13,15-16,19-20,30-31H,14H2,1-6H3. The highest BCUT2D eigenvalue weighted by Crippen LogP contribution is 2.42. The maximum Gasteiger partial charge on any atom is 0.226 e. The number of carbonyl (C=O) groups excluding carboxylic acids is 1. The molecular formula is C27H33NO4. The predicted molar refractivity (Wildman–Crippen MR) is 126 cm³/mol. The van der Waals surface area contributed by atoms with Gasteiger partial charge in [0.25, 0.3) is 0 Å². The van der Waals surface area contributed by atoms with Crippen molar-refractivity contribution < 1.29 is 19.4 Å². The number of aromatic hydroxyl groups is 1. The summed E-state index contributed by atoms with van der Waals surface area (Å²) in [6.07, 6.45) is 1.26. The number of oxazole rings is 1. The van der Waals surface area contributed by atoms with E-state index < -0.39 is 6.10 Å². The molecule has 5 nitrogen and oxygen atoms in total. The molecule has 32 heavy (non-hydrogen) atoms. The van der Waals surface area contributed by atoms with Gasteiger partial charge in [0.1, 0.15) is 24.4 Å². The van der Waals surface area contributed by atoms with Crippen LogP contribution in [0.15, 0.2) is 53.1 Å². The van der Waals surface area contributed by atoms with Crippen LogP contribution >= 0.6 is 0 Å². The minimum atomic E-state index is -1.09. The van der Waals surface area contributed by atoms with E-state index in [1.165, 1.54) is 0 Å². The SMILES string of the molecule is CC(C)(C)c1cc(-c2nc(C(CC(O)C=O)c3ccccc3)co2)cc(C(C)(C)C)c1O. The fraction of sp³-hybridized carbons (Fsp3) is 0.407. The molecule has 0 amide bonds. The van der Waals surface area contributed by atoms with Gasteiger partial charge in [-0.1, -0.05) is 71.9 Å². The van der Waals surface area contributed by atoms with E-state index in [0.29, 0.717) is 23.6 Å². The zero-order valence-electron chi connectivity index (χ0n) is 19.7. The first kappa shape index (κ1) is 23.7. The third-order valence-corrected chi connectivity index (χ3v) is 5.69. The largest absolute Gasteiger partial charge is 0.507 e. The molecule has 5 heteroatoms. The summed E-state index contributed by atoms with van der Waals surface area (Å²) in [5.41, 5.74) is 3.50. The van der Waals surface area contributed by atoms with Gasteiger partial charge in [0, 0.05) is 22.6 Å². The highest BCUT2D eigenvalue weighted by atomic mass is 16.3. The second-order valence-electron chi connectivity index (χ2n) is 10.4. The van der Waals surface area contributed by atoms with Crippen molar-refractivity contribution in [2.45, 2.75) is 70.8 Å². The first-order valence-corrected chi connectivity index (χ1v) is 10.9. The second-order valence-corrected chi connectivity index (χ2v) is 10.4. The van der Waals surface area contributed by atoms with Crippen LogP contribution in [-0.4, -0.2) is 27.6 Å². The van der Waals surface area contributed by atoms with Gasteiger partial charge in [0.05, 0.1) is 5.69 Å². The van der Waals surface area contributed by atoms with Crippen molar-refractivity contribution in [2.75, 3.05) is 0 Å². The summed E-state index contributed by atoms with van der Waals surface area (Å²) >= 11 is 0. The molecule has 0 saturated carbocycles. The molecular weight excluding hydrogens is 402 g/mol. The average molecular weight is 436 g/mol. The van der Waals surface area contributed by atoms with Gasteiger partial charge in [0.15, 0.2) is 0 Å². The van der Waals surface area contributed by atoms with Crippen LogP contribution in [0.5, 0.6) is 5.75 Å². The topological polar surface area (TPSA) is 83.6 Å². The fourth-order valence-corrected chi connectivity index (χ4v) is 3.89. The minimum Gasteiger partial charge on any atom is -0.507 e. The summed E-state index contributed by atoms with van der Waals surface area (Å²) in [7, 11) is 0. The third-order valence-electron chi connectivity index (χ3n) is 5.69. The number of phenolic OH excluding ortho intramolecular Hbond substituents is 1.